The number of unbranched alkanes of at least 4 members (excludes halogenated alkanes) is 3. The van der Waals surface area contributed by atoms with Crippen molar-refractivity contribution in [3.8, 4) is 0 Å². The van der Waals surface area contributed by atoms with Crippen LogP contribution < -0.4 is 21.5 Å². The van der Waals surface area contributed by atoms with Crippen LogP contribution in [0.15, 0.2) is 58.1 Å². The summed E-state index contributed by atoms with van der Waals surface area (Å²) in [6.45, 7) is 2.44. The van der Waals surface area contributed by atoms with Crippen molar-refractivity contribution in [2.75, 3.05) is 17.2 Å². The molecule has 0 aromatic heterocycles. The fourth-order valence-electron chi connectivity index (χ4n) is 5.88. The van der Waals surface area contributed by atoms with E-state index in [1.165, 1.54) is 12.1 Å². The van der Waals surface area contributed by atoms with Crippen molar-refractivity contribution < 1.29 is 17.9 Å². The normalized spacial score (nSPS) is 22.9. The Hall–Kier alpha value is -3.13. The smallest absolute Gasteiger partial charge is 0.379 e. The van der Waals surface area contributed by atoms with E-state index in [0.717, 1.165) is 43.7 Å². The van der Waals surface area contributed by atoms with Gasteiger partial charge in [0.1, 0.15) is 0 Å². The molecule has 2 heterocycles. The first-order valence-corrected chi connectivity index (χ1v) is 13.5. The first-order chi connectivity index (χ1) is 18.3. The topological polar surface area (TPSA) is 67.4 Å². The third-order valence-electron chi connectivity index (χ3n) is 7.93. The summed E-state index contributed by atoms with van der Waals surface area (Å²) in [7, 11) is 0. The molecule has 0 saturated carbocycles. The monoisotopic (exact) mass is 526 g/mol. The van der Waals surface area contributed by atoms with E-state index in [4.69, 9.17) is 4.74 Å². The molecule has 3 aromatic rings. The second-order valence-electron chi connectivity index (χ2n) is 10.5. The number of fused-ring (bicyclic) bond motifs is 3. The highest BCUT2D eigenvalue weighted by molar-refractivity contribution is 5.59. The van der Waals surface area contributed by atoms with Gasteiger partial charge >= 0.3 is 6.18 Å². The minimum atomic E-state index is -4.45. The van der Waals surface area contributed by atoms with Gasteiger partial charge in [0.05, 0.1) is 29.5 Å². The Morgan fingerprint density at radius 3 is 2.53 bits per heavy atom. The number of hydrogen-bond acceptors (Lipinski definition) is 5. The number of hydrogen-bond donors (Lipinski definition) is 2. The average molecular weight is 527 g/mol. The second-order valence-corrected chi connectivity index (χ2v) is 10.5. The molecule has 2 aliphatic rings. The number of rotatable bonds is 9. The van der Waals surface area contributed by atoms with E-state index in [9.17, 15) is 22.8 Å². The SMILES string of the molecule is CCCCCCc1c(NC[C@H]2CC[C@@H]3[C@H](O2)c2cc(C(F)(F)F)ccc2N[C@H]3c2ccccc2)c(=O)c1=O. The molecule has 2 aliphatic heterocycles. The molecule has 202 valence electrons. The summed E-state index contributed by atoms with van der Waals surface area (Å²) in [5, 5.41) is 6.61. The lowest BCUT2D eigenvalue weighted by molar-refractivity contribution is -0.138. The lowest BCUT2D eigenvalue weighted by Crippen LogP contribution is -2.43. The van der Waals surface area contributed by atoms with Gasteiger partial charge in [-0.3, -0.25) is 9.59 Å². The Balaban J connectivity index is 1.35. The van der Waals surface area contributed by atoms with Crippen LogP contribution in [-0.4, -0.2) is 12.6 Å². The molecule has 5 rings (SSSR count). The predicted molar refractivity (Wildman–Crippen MR) is 142 cm³/mol. The van der Waals surface area contributed by atoms with Gasteiger partial charge in [0.25, 0.3) is 0 Å². The zero-order chi connectivity index (χ0) is 26.9. The Morgan fingerprint density at radius 2 is 1.79 bits per heavy atom. The molecule has 4 atom stereocenters. The molecular formula is C30H33F3N2O3. The first-order valence-electron chi connectivity index (χ1n) is 13.5. The van der Waals surface area contributed by atoms with Crippen LogP contribution in [0.25, 0.3) is 0 Å². The number of benzene rings is 2. The van der Waals surface area contributed by atoms with Gasteiger partial charge < -0.3 is 15.4 Å². The Morgan fingerprint density at radius 1 is 1.00 bits per heavy atom. The molecule has 5 nitrogen and oxygen atoms in total. The highest BCUT2D eigenvalue weighted by Gasteiger charge is 2.43. The van der Waals surface area contributed by atoms with Crippen LogP contribution in [0.5, 0.6) is 0 Å². The van der Waals surface area contributed by atoms with Gasteiger partial charge in [0.2, 0.25) is 10.9 Å². The zero-order valence-electron chi connectivity index (χ0n) is 21.4. The fourth-order valence-corrected chi connectivity index (χ4v) is 5.88. The summed E-state index contributed by atoms with van der Waals surface area (Å²) in [6, 6.07) is 13.6. The Labute approximate surface area is 220 Å². The minimum absolute atomic E-state index is 0.0510. The van der Waals surface area contributed by atoms with E-state index in [-0.39, 0.29) is 18.1 Å². The second kappa shape index (κ2) is 10.9. The maximum atomic E-state index is 13.6. The molecule has 0 spiro atoms. The van der Waals surface area contributed by atoms with Gasteiger partial charge in [0.15, 0.2) is 0 Å². The van der Waals surface area contributed by atoms with Gasteiger partial charge in [-0.1, -0.05) is 56.5 Å². The zero-order valence-corrected chi connectivity index (χ0v) is 21.4. The molecule has 0 bridgehead atoms. The van der Waals surface area contributed by atoms with Gasteiger partial charge in [-0.05, 0) is 49.4 Å². The van der Waals surface area contributed by atoms with Gasteiger partial charge in [0, 0.05) is 29.3 Å². The van der Waals surface area contributed by atoms with E-state index < -0.39 is 28.7 Å². The van der Waals surface area contributed by atoms with Crippen LogP contribution in [0.4, 0.5) is 24.5 Å². The maximum Gasteiger partial charge on any atom is 0.416 e. The summed E-state index contributed by atoms with van der Waals surface area (Å²) in [4.78, 5) is 24.3. The van der Waals surface area contributed by atoms with Crippen LogP contribution in [0.2, 0.25) is 0 Å². The molecule has 0 radical (unpaired) electrons. The van der Waals surface area contributed by atoms with Crippen molar-refractivity contribution in [3.05, 3.63) is 91.2 Å². The standard InChI is InChI=1S/C30H33F3N2O3/c1-2-3-4-8-11-21-26(28(37)27(21)36)34-17-20-13-14-22-25(18-9-6-5-7-10-18)35-24-15-12-19(30(31,32)33)16-23(24)29(22)38-20/h5-7,9-10,12,15-16,20,22,25,29,34-35H,2-4,8,11,13-14,17H2,1H3/t20-,22+,25+,29+/m1/s1. The van der Waals surface area contributed by atoms with Crippen molar-refractivity contribution in [2.24, 2.45) is 5.92 Å². The molecule has 0 unspecified atom stereocenters. The Kier molecular flexibility index (Phi) is 7.61. The van der Waals surface area contributed by atoms with Crippen molar-refractivity contribution >= 4 is 11.4 Å². The summed E-state index contributed by atoms with van der Waals surface area (Å²) < 4.78 is 47.1. The summed E-state index contributed by atoms with van der Waals surface area (Å²) in [5.74, 6) is -0.0510. The molecule has 1 fully saturated rings. The fraction of sp³-hybridized carbons (Fsp3) is 0.467. The summed E-state index contributed by atoms with van der Waals surface area (Å²) >= 11 is 0. The third-order valence-corrected chi connectivity index (χ3v) is 7.93. The number of nitrogens with one attached hydrogen (secondary N) is 2. The number of halogens is 3. The molecule has 3 aromatic carbocycles. The quantitative estimate of drug-likeness (QED) is 0.245. The summed E-state index contributed by atoms with van der Waals surface area (Å²) in [5.41, 5.74) is 1.54. The van der Waals surface area contributed by atoms with Crippen molar-refractivity contribution in [1.29, 1.82) is 0 Å². The number of ether oxygens (including phenoxy) is 1. The molecule has 1 saturated heterocycles. The van der Waals surface area contributed by atoms with Crippen LogP contribution in [0.1, 0.15) is 79.8 Å². The molecule has 2 N–H and O–H groups in total. The lowest BCUT2D eigenvalue weighted by atomic mass is 9.76. The minimum Gasteiger partial charge on any atom is -0.379 e. The lowest BCUT2D eigenvalue weighted by Gasteiger charge is -2.46. The Bertz CT molecular complexity index is 1330. The average Bonchev–Trinajstić information content (AvgIpc) is 2.93. The van der Waals surface area contributed by atoms with Crippen LogP contribution >= 0.6 is 0 Å². The van der Waals surface area contributed by atoms with E-state index in [0.29, 0.717) is 41.9 Å². The number of anilines is 2. The van der Waals surface area contributed by atoms with E-state index >= 15 is 0 Å². The molecular weight excluding hydrogens is 493 g/mol. The van der Waals surface area contributed by atoms with Crippen molar-refractivity contribution in [2.45, 2.75) is 76.3 Å². The number of alkyl halides is 3. The molecule has 38 heavy (non-hydrogen) atoms. The van der Waals surface area contributed by atoms with Crippen LogP contribution in [0, 0.1) is 5.92 Å². The third kappa shape index (κ3) is 5.23. The van der Waals surface area contributed by atoms with E-state index in [2.05, 4.69) is 17.6 Å². The molecule has 0 aliphatic carbocycles. The largest absolute Gasteiger partial charge is 0.416 e. The maximum absolute atomic E-state index is 13.6. The van der Waals surface area contributed by atoms with Crippen molar-refractivity contribution in [3.63, 3.8) is 0 Å². The van der Waals surface area contributed by atoms with Crippen LogP contribution in [0.3, 0.4) is 0 Å². The van der Waals surface area contributed by atoms with Crippen molar-refractivity contribution in [1.82, 2.24) is 0 Å². The van der Waals surface area contributed by atoms with Crippen LogP contribution in [-0.2, 0) is 17.3 Å². The highest BCUT2D eigenvalue weighted by Crippen LogP contribution is 2.51. The predicted octanol–water partition coefficient (Wildman–Crippen LogP) is 6.54. The van der Waals surface area contributed by atoms with E-state index in [1.54, 1.807) is 0 Å². The first kappa shape index (κ1) is 26.5. The molecule has 8 heteroatoms. The highest BCUT2D eigenvalue weighted by atomic mass is 19.4. The van der Waals surface area contributed by atoms with E-state index in [1.807, 2.05) is 30.3 Å². The summed E-state index contributed by atoms with van der Waals surface area (Å²) in [6.07, 6.45) is 0.798. The van der Waals surface area contributed by atoms with Gasteiger partial charge in [-0.2, -0.15) is 13.2 Å². The molecule has 0 amide bonds. The van der Waals surface area contributed by atoms with Gasteiger partial charge in [-0.25, -0.2) is 0 Å². The van der Waals surface area contributed by atoms with Gasteiger partial charge in [-0.15, -0.1) is 0 Å².